The van der Waals surface area contributed by atoms with Gasteiger partial charge in [-0.05, 0) is 31.9 Å². The number of esters is 1. The van der Waals surface area contributed by atoms with Gasteiger partial charge < -0.3 is 15.4 Å². The number of carbonyl (C=O) groups is 3. The number of aryl methyl sites for hydroxylation is 1. The first-order valence-electron chi connectivity index (χ1n) is 10.2. The second-order valence-electron chi connectivity index (χ2n) is 7.54. The molecule has 3 rings (SSSR count). The molecule has 0 spiro atoms. The Morgan fingerprint density at radius 2 is 1.87 bits per heavy atom. The molecule has 30 heavy (non-hydrogen) atoms. The summed E-state index contributed by atoms with van der Waals surface area (Å²) in [5.41, 5.74) is 2.46. The number of aromatic nitrogens is 1. The minimum absolute atomic E-state index is 0.0127. The second-order valence-corrected chi connectivity index (χ2v) is 8.48. The molecule has 1 aromatic heterocycles. The van der Waals surface area contributed by atoms with Gasteiger partial charge in [-0.25, -0.2) is 4.98 Å². The van der Waals surface area contributed by atoms with Gasteiger partial charge in [-0.2, -0.15) is 0 Å². The lowest BCUT2D eigenvalue weighted by Gasteiger charge is -2.20. The Kier molecular flexibility index (Phi) is 7.96. The molecule has 1 aliphatic rings. The van der Waals surface area contributed by atoms with Gasteiger partial charge in [-0.15, -0.1) is 11.3 Å². The van der Waals surface area contributed by atoms with Crippen LogP contribution in [-0.2, 0) is 32.1 Å². The van der Waals surface area contributed by atoms with Gasteiger partial charge in [0, 0.05) is 17.0 Å². The molecule has 8 heteroatoms. The Morgan fingerprint density at radius 3 is 2.60 bits per heavy atom. The maximum Gasteiger partial charge on any atom is 0.325 e. The molecule has 2 amide bonds. The number of thiazole rings is 1. The van der Waals surface area contributed by atoms with Gasteiger partial charge in [0.2, 0.25) is 11.8 Å². The highest BCUT2D eigenvalue weighted by Gasteiger charge is 2.21. The number of carbonyl (C=O) groups excluding carboxylic acids is 3. The van der Waals surface area contributed by atoms with Crippen LogP contribution >= 0.6 is 11.3 Å². The van der Waals surface area contributed by atoms with E-state index in [9.17, 15) is 14.4 Å². The van der Waals surface area contributed by atoms with Gasteiger partial charge in [-0.3, -0.25) is 14.4 Å². The van der Waals surface area contributed by atoms with Crippen molar-refractivity contribution in [2.75, 3.05) is 11.9 Å². The van der Waals surface area contributed by atoms with Crippen molar-refractivity contribution < 1.29 is 19.1 Å². The number of ether oxygens (including phenoxy) is 1. The molecular weight excluding hydrogens is 402 g/mol. The number of rotatable bonds is 8. The molecule has 1 aromatic carbocycles. The van der Waals surface area contributed by atoms with Gasteiger partial charge in [0.1, 0.15) is 18.2 Å². The zero-order chi connectivity index (χ0) is 21.3. The van der Waals surface area contributed by atoms with E-state index < -0.39 is 5.97 Å². The summed E-state index contributed by atoms with van der Waals surface area (Å²) in [6, 6.07) is 7.58. The molecule has 1 aliphatic carbocycles. The molecule has 0 atom stereocenters. The minimum Gasteiger partial charge on any atom is -0.458 e. The van der Waals surface area contributed by atoms with Gasteiger partial charge in [0.25, 0.3) is 0 Å². The Labute approximate surface area is 180 Å². The van der Waals surface area contributed by atoms with Gasteiger partial charge in [0.15, 0.2) is 0 Å². The summed E-state index contributed by atoms with van der Waals surface area (Å²) in [5.74, 6) is -0.700. The predicted octanol–water partition coefficient (Wildman–Crippen LogP) is 3.37. The fourth-order valence-electron chi connectivity index (χ4n) is 3.35. The topological polar surface area (TPSA) is 97.4 Å². The van der Waals surface area contributed by atoms with Crippen LogP contribution in [-0.4, -0.2) is 29.3 Å². The molecule has 1 heterocycles. The number of hydrogen-bond acceptors (Lipinski definition) is 6. The number of amides is 2. The zero-order valence-corrected chi connectivity index (χ0v) is 17.9. The third kappa shape index (κ3) is 6.95. The molecule has 7 nitrogen and oxygen atoms in total. The highest BCUT2D eigenvalue weighted by atomic mass is 32.1. The molecule has 0 saturated heterocycles. The summed E-state index contributed by atoms with van der Waals surface area (Å²) in [6.07, 6.45) is 5.24. The molecule has 0 aliphatic heterocycles. The van der Waals surface area contributed by atoms with Crippen molar-refractivity contribution in [2.45, 2.75) is 52.1 Å². The lowest BCUT2D eigenvalue weighted by atomic mass is 9.89. The van der Waals surface area contributed by atoms with Gasteiger partial charge in [0.05, 0.1) is 12.1 Å². The van der Waals surface area contributed by atoms with E-state index in [1.165, 1.54) is 17.8 Å². The lowest BCUT2D eigenvalue weighted by molar-refractivity contribution is -0.145. The van der Waals surface area contributed by atoms with Crippen molar-refractivity contribution in [3.63, 3.8) is 0 Å². The Balaban J connectivity index is 1.37. The maximum absolute atomic E-state index is 12.2. The van der Waals surface area contributed by atoms with Crippen LogP contribution in [0.4, 0.5) is 5.69 Å². The lowest BCUT2D eigenvalue weighted by Crippen LogP contribution is -2.36. The number of hydrogen-bond donors (Lipinski definition) is 2. The zero-order valence-electron chi connectivity index (χ0n) is 17.1. The van der Waals surface area contributed by atoms with Crippen LogP contribution in [0.5, 0.6) is 0 Å². The van der Waals surface area contributed by atoms with E-state index in [-0.39, 0.29) is 37.3 Å². The monoisotopic (exact) mass is 429 g/mol. The summed E-state index contributed by atoms with van der Waals surface area (Å²) >= 11 is 1.35. The van der Waals surface area contributed by atoms with E-state index in [4.69, 9.17) is 4.74 Å². The van der Waals surface area contributed by atoms with Crippen molar-refractivity contribution in [2.24, 2.45) is 5.92 Å². The molecule has 2 aromatic rings. The number of nitrogens with zero attached hydrogens (tertiary/aromatic N) is 1. The van der Waals surface area contributed by atoms with Crippen molar-refractivity contribution in [1.29, 1.82) is 0 Å². The van der Waals surface area contributed by atoms with E-state index in [1.807, 2.05) is 31.2 Å². The maximum atomic E-state index is 12.2. The second kappa shape index (κ2) is 10.9. The fraction of sp³-hybridized carbons (Fsp3) is 0.455. The third-order valence-corrected chi connectivity index (χ3v) is 5.91. The van der Waals surface area contributed by atoms with E-state index in [0.717, 1.165) is 36.9 Å². The SMILES string of the molecule is Cc1ccc(NC(=O)Cc2nc(COC(=O)CNC(=O)C3CCCCC3)cs2)cc1. The molecule has 2 N–H and O–H groups in total. The van der Waals surface area contributed by atoms with Gasteiger partial charge in [-0.1, -0.05) is 37.0 Å². The number of benzene rings is 1. The number of nitrogens with one attached hydrogen (secondary N) is 2. The third-order valence-electron chi connectivity index (χ3n) is 5.01. The fourth-order valence-corrected chi connectivity index (χ4v) is 4.13. The largest absolute Gasteiger partial charge is 0.458 e. The van der Waals surface area contributed by atoms with Crippen molar-refractivity contribution in [3.05, 3.63) is 45.9 Å². The van der Waals surface area contributed by atoms with Gasteiger partial charge >= 0.3 is 5.97 Å². The average molecular weight is 430 g/mol. The van der Waals surface area contributed by atoms with Crippen LogP contribution in [0, 0.1) is 12.8 Å². The normalized spacial score (nSPS) is 14.2. The molecule has 0 radical (unpaired) electrons. The standard InChI is InChI=1S/C22H27N3O4S/c1-15-7-9-17(10-8-15)24-19(26)11-20-25-18(14-30-20)13-29-21(27)12-23-22(28)16-5-3-2-4-6-16/h7-10,14,16H,2-6,11-13H2,1H3,(H,23,28)(H,24,26). The number of anilines is 1. The van der Waals surface area contributed by atoms with Crippen molar-refractivity contribution >= 4 is 34.8 Å². The highest BCUT2D eigenvalue weighted by molar-refractivity contribution is 7.09. The van der Waals surface area contributed by atoms with E-state index in [2.05, 4.69) is 15.6 Å². The first kappa shape index (κ1) is 22.0. The van der Waals surface area contributed by atoms with Crippen LogP contribution < -0.4 is 10.6 Å². The van der Waals surface area contributed by atoms with E-state index >= 15 is 0 Å². The summed E-state index contributed by atoms with van der Waals surface area (Å²) in [5, 5.41) is 7.91. The Morgan fingerprint density at radius 1 is 1.13 bits per heavy atom. The van der Waals surface area contributed by atoms with Crippen molar-refractivity contribution in [3.8, 4) is 0 Å². The Hall–Kier alpha value is -2.74. The van der Waals surface area contributed by atoms with Crippen LogP contribution in [0.3, 0.4) is 0 Å². The predicted molar refractivity (Wildman–Crippen MR) is 115 cm³/mol. The molecule has 1 fully saturated rings. The van der Waals surface area contributed by atoms with E-state index in [1.54, 1.807) is 5.38 Å². The first-order valence-corrected chi connectivity index (χ1v) is 11.1. The van der Waals surface area contributed by atoms with Crippen LogP contribution in [0.1, 0.15) is 48.4 Å². The average Bonchev–Trinajstić information content (AvgIpc) is 3.20. The summed E-state index contributed by atoms with van der Waals surface area (Å²) in [6.45, 7) is 1.87. The van der Waals surface area contributed by atoms with Crippen LogP contribution in [0.15, 0.2) is 29.6 Å². The van der Waals surface area contributed by atoms with Crippen LogP contribution in [0.25, 0.3) is 0 Å². The molecule has 0 bridgehead atoms. The summed E-state index contributed by atoms with van der Waals surface area (Å²) < 4.78 is 5.18. The highest BCUT2D eigenvalue weighted by Crippen LogP contribution is 2.23. The van der Waals surface area contributed by atoms with E-state index in [0.29, 0.717) is 10.7 Å². The smallest absolute Gasteiger partial charge is 0.325 e. The molecule has 1 saturated carbocycles. The summed E-state index contributed by atoms with van der Waals surface area (Å²) in [4.78, 5) is 40.4. The first-order chi connectivity index (χ1) is 14.5. The van der Waals surface area contributed by atoms with Crippen molar-refractivity contribution in [1.82, 2.24) is 10.3 Å². The molecule has 160 valence electrons. The molecular formula is C22H27N3O4S. The molecule has 0 unspecified atom stereocenters. The minimum atomic E-state index is -0.495. The Bertz CT molecular complexity index is 873. The summed E-state index contributed by atoms with van der Waals surface area (Å²) in [7, 11) is 0. The van der Waals surface area contributed by atoms with Crippen LogP contribution in [0.2, 0.25) is 0 Å². The quantitative estimate of drug-likeness (QED) is 0.627.